The Morgan fingerprint density at radius 3 is 2.19 bits per heavy atom. The number of amides is 1. The molecule has 1 aliphatic heterocycles. The zero-order valence-electron chi connectivity index (χ0n) is 15.7. The number of carbonyl (C=O) groups is 1. The number of hydrogen-bond acceptors (Lipinski definition) is 3. The van der Waals surface area contributed by atoms with E-state index in [1.54, 1.807) is 48.5 Å². The highest BCUT2D eigenvalue weighted by atomic mass is 35.5. The standard InChI is InChI=1S/C22H14ClF4NO3/c23-15-1-5-18(6-2-15)31-19-7-3-17(4-8-19)28-20(12-30-21(28)29)13-9-14(22(25,26)27)11-16(24)10-13/h1-11,20H,12H2. The maximum atomic E-state index is 13.9. The fourth-order valence-electron chi connectivity index (χ4n) is 3.23. The third-order valence-electron chi connectivity index (χ3n) is 4.67. The van der Waals surface area contributed by atoms with Crippen LogP contribution in [-0.4, -0.2) is 12.7 Å². The molecule has 0 aromatic heterocycles. The molecule has 0 N–H and O–H groups in total. The first kappa shape index (κ1) is 21.0. The Morgan fingerprint density at radius 1 is 0.968 bits per heavy atom. The predicted molar refractivity (Wildman–Crippen MR) is 106 cm³/mol. The Labute approximate surface area is 179 Å². The van der Waals surface area contributed by atoms with Gasteiger partial charge in [-0.1, -0.05) is 11.6 Å². The molecule has 31 heavy (non-hydrogen) atoms. The van der Waals surface area contributed by atoms with Crippen LogP contribution in [-0.2, 0) is 10.9 Å². The summed E-state index contributed by atoms with van der Waals surface area (Å²) in [6.45, 7) is -0.206. The van der Waals surface area contributed by atoms with Crippen molar-refractivity contribution in [3.63, 3.8) is 0 Å². The molecule has 1 unspecified atom stereocenters. The summed E-state index contributed by atoms with van der Waals surface area (Å²) >= 11 is 5.84. The maximum absolute atomic E-state index is 13.9. The summed E-state index contributed by atoms with van der Waals surface area (Å²) in [5.41, 5.74) is -0.776. The van der Waals surface area contributed by atoms with Gasteiger partial charge in [-0.05, 0) is 72.3 Å². The molecule has 4 nitrogen and oxygen atoms in total. The van der Waals surface area contributed by atoms with Gasteiger partial charge in [-0.15, -0.1) is 0 Å². The number of hydrogen-bond donors (Lipinski definition) is 0. The summed E-state index contributed by atoms with van der Waals surface area (Å²) < 4.78 is 63.8. The molecule has 0 saturated carbocycles. The Morgan fingerprint density at radius 2 is 1.58 bits per heavy atom. The monoisotopic (exact) mass is 451 g/mol. The van der Waals surface area contributed by atoms with E-state index in [-0.39, 0.29) is 12.2 Å². The largest absolute Gasteiger partial charge is 0.457 e. The van der Waals surface area contributed by atoms with Crippen LogP contribution in [0.3, 0.4) is 0 Å². The molecule has 1 heterocycles. The lowest BCUT2D eigenvalue weighted by molar-refractivity contribution is -0.137. The first-order valence-corrected chi connectivity index (χ1v) is 9.46. The number of carbonyl (C=O) groups excluding carboxylic acids is 1. The van der Waals surface area contributed by atoms with Crippen LogP contribution in [0.4, 0.5) is 28.0 Å². The van der Waals surface area contributed by atoms with E-state index in [1.807, 2.05) is 0 Å². The number of anilines is 1. The third-order valence-corrected chi connectivity index (χ3v) is 4.92. The van der Waals surface area contributed by atoms with Gasteiger partial charge in [0.05, 0.1) is 11.6 Å². The van der Waals surface area contributed by atoms with Crippen molar-refractivity contribution in [1.82, 2.24) is 0 Å². The first-order chi connectivity index (χ1) is 14.7. The summed E-state index contributed by atoms with van der Waals surface area (Å²) in [4.78, 5) is 13.5. The first-order valence-electron chi connectivity index (χ1n) is 9.08. The lowest BCUT2D eigenvalue weighted by Gasteiger charge is -2.23. The predicted octanol–water partition coefficient (Wildman–Crippen LogP) is 6.99. The SMILES string of the molecule is O=C1OCC(c2cc(F)cc(C(F)(F)F)c2)N1c1ccc(Oc2ccc(Cl)cc2)cc1. The molecule has 1 saturated heterocycles. The van der Waals surface area contributed by atoms with E-state index >= 15 is 0 Å². The molecular formula is C22H14ClF4NO3. The van der Waals surface area contributed by atoms with E-state index in [0.717, 1.165) is 12.1 Å². The van der Waals surface area contributed by atoms with Gasteiger partial charge in [-0.3, -0.25) is 4.90 Å². The molecule has 1 aliphatic rings. The van der Waals surface area contributed by atoms with Gasteiger partial charge in [-0.2, -0.15) is 13.2 Å². The summed E-state index contributed by atoms with van der Waals surface area (Å²) in [7, 11) is 0. The van der Waals surface area contributed by atoms with Crippen LogP contribution in [0.25, 0.3) is 0 Å². The van der Waals surface area contributed by atoms with Crippen LogP contribution >= 0.6 is 11.6 Å². The fourth-order valence-corrected chi connectivity index (χ4v) is 3.36. The van der Waals surface area contributed by atoms with Gasteiger partial charge in [0.25, 0.3) is 0 Å². The molecule has 0 aliphatic carbocycles. The minimum Gasteiger partial charge on any atom is -0.457 e. The molecule has 0 spiro atoms. The second-order valence-corrected chi connectivity index (χ2v) is 7.22. The number of nitrogens with zero attached hydrogens (tertiary/aromatic N) is 1. The van der Waals surface area contributed by atoms with Crippen molar-refractivity contribution in [2.75, 3.05) is 11.5 Å². The Bertz CT molecular complexity index is 1100. The van der Waals surface area contributed by atoms with Gasteiger partial charge < -0.3 is 9.47 Å². The zero-order chi connectivity index (χ0) is 22.2. The van der Waals surface area contributed by atoms with Crippen molar-refractivity contribution >= 4 is 23.4 Å². The molecule has 9 heteroatoms. The van der Waals surface area contributed by atoms with Crippen molar-refractivity contribution in [2.45, 2.75) is 12.2 Å². The number of cyclic esters (lactones) is 1. The maximum Gasteiger partial charge on any atom is 0.416 e. The molecule has 3 aromatic rings. The number of rotatable bonds is 4. The second kappa shape index (κ2) is 8.11. The summed E-state index contributed by atoms with van der Waals surface area (Å²) in [6.07, 6.45) is -5.46. The van der Waals surface area contributed by atoms with Crippen molar-refractivity contribution in [2.24, 2.45) is 0 Å². The van der Waals surface area contributed by atoms with E-state index in [9.17, 15) is 22.4 Å². The Kier molecular flexibility index (Phi) is 5.49. The van der Waals surface area contributed by atoms with E-state index < -0.39 is 29.7 Å². The lowest BCUT2D eigenvalue weighted by atomic mass is 10.0. The molecule has 0 radical (unpaired) electrons. The molecule has 4 rings (SSSR count). The molecule has 1 fully saturated rings. The molecule has 3 aromatic carbocycles. The van der Waals surface area contributed by atoms with Gasteiger partial charge >= 0.3 is 12.3 Å². The third kappa shape index (κ3) is 4.59. The minimum absolute atomic E-state index is 0.0142. The van der Waals surface area contributed by atoms with Crippen molar-refractivity contribution < 1.29 is 31.8 Å². The summed E-state index contributed by atoms with van der Waals surface area (Å²) in [6, 6.07) is 14.3. The number of ether oxygens (including phenoxy) is 2. The highest BCUT2D eigenvalue weighted by Crippen LogP contribution is 2.37. The lowest BCUT2D eigenvalue weighted by Crippen LogP contribution is -2.27. The summed E-state index contributed by atoms with van der Waals surface area (Å²) in [5, 5.41) is 0.562. The Hall–Kier alpha value is -3.26. The van der Waals surface area contributed by atoms with Crippen LogP contribution in [0, 0.1) is 5.82 Å². The molecule has 1 atom stereocenters. The van der Waals surface area contributed by atoms with Gasteiger partial charge in [0.15, 0.2) is 0 Å². The van der Waals surface area contributed by atoms with E-state index in [1.165, 1.54) is 4.90 Å². The van der Waals surface area contributed by atoms with Gasteiger partial charge in [0.2, 0.25) is 0 Å². The van der Waals surface area contributed by atoms with E-state index in [2.05, 4.69) is 0 Å². The number of benzene rings is 3. The quantitative estimate of drug-likeness (QED) is 0.401. The fraction of sp³-hybridized carbons (Fsp3) is 0.136. The van der Waals surface area contributed by atoms with Crippen molar-refractivity contribution in [1.29, 1.82) is 0 Å². The average molecular weight is 452 g/mol. The van der Waals surface area contributed by atoms with Crippen LogP contribution in [0.2, 0.25) is 5.02 Å². The molecular weight excluding hydrogens is 438 g/mol. The molecule has 160 valence electrons. The van der Waals surface area contributed by atoms with Crippen LogP contribution in [0.1, 0.15) is 17.2 Å². The average Bonchev–Trinajstić information content (AvgIpc) is 3.11. The highest BCUT2D eigenvalue weighted by molar-refractivity contribution is 6.30. The van der Waals surface area contributed by atoms with Gasteiger partial charge in [0.1, 0.15) is 23.9 Å². The smallest absolute Gasteiger partial charge is 0.416 e. The van der Waals surface area contributed by atoms with Crippen molar-refractivity contribution in [3.05, 3.63) is 88.7 Å². The van der Waals surface area contributed by atoms with Crippen LogP contribution in [0.5, 0.6) is 11.5 Å². The van der Waals surface area contributed by atoms with Gasteiger partial charge in [-0.25, -0.2) is 9.18 Å². The highest BCUT2D eigenvalue weighted by Gasteiger charge is 2.38. The van der Waals surface area contributed by atoms with Crippen molar-refractivity contribution in [3.8, 4) is 11.5 Å². The van der Waals surface area contributed by atoms with Crippen LogP contribution < -0.4 is 9.64 Å². The molecule has 0 bridgehead atoms. The number of alkyl halides is 3. The second-order valence-electron chi connectivity index (χ2n) is 6.78. The van der Waals surface area contributed by atoms with Gasteiger partial charge in [0, 0.05) is 10.7 Å². The zero-order valence-corrected chi connectivity index (χ0v) is 16.5. The van der Waals surface area contributed by atoms with E-state index in [0.29, 0.717) is 28.3 Å². The number of halogens is 5. The topological polar surface area (TPSA) is 38.8 Å². The van der Waals surface area contributed by atoms with Crippen LogP contribution in [0.15, 0.2) is 66.7 Å². The molecule has 1 amide bonds. The minimum atomic E-state index is -4.72. The van der Waals surface area contributed by atoms with E-state index in [4.69, 9.17) is 21.1 Å². The normalized spacial score (nSPS) is 16.4. The Balaban J connectivity index is 1.60. The summed E-state index contributed by atoms with van der Waals surface area (Å²) in [5.74, 6) is -0.0221.